The van der Waals surface area contributed by atoms with Gasteiger partial charge >= 0.3 is 6.03 Å². The summed E-state index contributed by atoms with van der Waals surface area (Å²) in [6.07, 6.45) is 3.44. The third kappa shape index (κ3) is 2.18. The largest absolute Gasteiger partial charge is 0.325 e. The molecule has 4 nitrogen and oxygen atoms in total. The molecule has 0 aromatic carbocycles. The van der Waals surface area contributed by atoms with Crippen molar-refractivity contribution in [2.75, 3.05) is 39.3 Å². The average molecular weight is 197 g/mol. The molecule has 2 aliphatic heterocycles. The highest BCUT2D eigenvalue weighted by atomic mass is 16.2. The summed E-state index contributed by atoms with van der Waals surface area (Å²) in [7, 11) is 0. The lowest BCUT2D eigenvalue weighted by Crippen LogP contribution is -2.43. The fourth-order valence-electron chi connectivity index (χ4n) is 2.15. The molecule has 2 aliphatic rings. The van der Waals surface area contributed by atoms with Gasteiger partial charge in [0.1, 0.15) is 0 Å². The molecule has 0 unspecified atom stereocenters. The maximum Gasteiger partial charge on any atom is 0.320 e. The Hall–Kier alpha value is -0.770. The molecule has 0 aromatic heterocycles. The van der Waals surface area contributed by atoms with Gasteiger partial charge in [-0.1, -0.05) is 0 Å². The van der Waals surface area contributed by atoms with Crippen molar-refractivity contribution >= 4 is 6.03 Å². The molecule has 2 amide bonds. The number of rotatable bonds is 0. The molecule has 2 rings (SSSR count). The van der Waals surface area contributed by atoms with E-state index in [0.717, 1.165) is 45.7 Å². The summed E-state index contributed by atoms with van der Waals surface area (Å²) < 4.78 is 0. The van der Waals surface area contributed by atoms with Crippen LogP contribution in [0.1, 0.15) is 19.3 Å². The van der Waals surface area contributed by atoms with Crippen LogP contribution in [0.2, 0.25) is 0 Å². The van der Waals surface area contributed by atoms with Crippen molar-refractivity contribution in [2.45, 2.75) is 19.3 Å². The predicted molar refractivity (Wildman–Crippen MR) is 55.3 cm³/mol. The molecule has 0 aliphatic carbocycles. The van der Waals surface area contributed by atoms with E-state index in [1.165, 1.54) is 12.8 Å². The standard InChI is InChI=1S/C10H19N3O/c14-10(12-6-1-2-7-12)13-8-3-4-11-5-9-13/h11H,1-9H2. The minimum absolute atomic E-state index is 0.256. The van der Waals surface area contributed by atoms with Crippen LogP contribution < -0.4 is 5.32 Å². The van der Waals surface area contributed by atoms with Gasteiger partial charge in [-0.05, 0) is 25.8 Å². The second kappa shape index (κ2) is 4.64. The maximum absolute atomic E-state index is 12.0. The number of carbonyl (C=O) groups excluding carboxylic acids is 1. The monoisotopic (exact) mass is 197 g/mol. The molecule has 1 N–H and O–H groups in total. The Balaban J connectivity index is 1.88. The molecule has 0 aromatic rings. The van der Waals surface area contributed by atoms with Crippen LogP contribution in [0.4, 0.5) is 4.79 Å². The third-order valence-corrected chi connectivity index (χ3v) is 2.99. The number of urea groups is 1. The van der Waals surface area contributed by atoms with Crippen LogP contribution in [0.5, 0.6) is 0 Å². The van der Waals surface area contributed by atoms with Gasteiger partial charge in [0.05, 0.1) is 0 Å². The fourth-order valence-corrected chi connectivity index (χ4v) is 2.15. The van der Waals surface area contributed by atoms with E-state index in [1.54, 1.807) is 0 Å². The lowest BCUT2D eigenvalue weighted by molar-refractivity contribution is 0.165. The first-order chi connectivity index (χ1) is 6.88. The highest BCUT2D eigenvalue weighted by Crippen LogP contribution is 2.11. The minimum atomic E-state index is 0.256. The molecule has 2 fully saturated rings. The minimum Gasteiger partial charge on any atom is -0.325 e. The van der Waals surface area contributed by atoms with E-state index in [2.05, 4.69) is 5.32 Å². The smallest absolute Gasteiger partial charge is 0.320 e. The molecular formula is C10H19N3O. The number of nitrogens with one attached hydrogen (secondary N) is 1. The molecule has 0 saturated carbocycles. The lowest BCUT2D eigenvalue weighted by atomic mass is 10.4. The van der Waals surface area contributed by atoms with Gasteiger partial charge in [0.25, 0.3) is 0 Å². The van der Waals surface area contributed by atoms with E-state index in [4.69, 9.17) is 0 Å². The van der Waals surface area contributed by atoms with Crippen LogP contribution in [0.25, 0.3) is 0 Å². The first kappa shape index (κ1) is 9.77. The topological polar surface area (TPSA) is 35.6 Å². The first-order valence-corrected chi connectivity index (χ1v) is 5.62. The van der Waals surface area contributed by atoms with Crippen molar-refractivity contribution in [3.63, 3.8) is 0 Å². The Labute approximate surface area is 85.2 Å². The Morgan fingerprint density at radius 1 is 0.857 bits per heavy atom. The highest BCUT2D eigenvalue weighted by Gasteiger charge is 2.23. The van der Waals surface area contributed by atoms with Crippen molar-refractivity contribution in [1.82, 2.24) is 15.1 Å². The highest BCUT2D eigenvalue weighted by molar-refractivity contribution is 5.74. The normalized spacial score (nSPS) is 23.7. The van der Waals surface area contributed by atoms with E-state index in [1.807, 2.05) is 9.80 Å². The van der Waals surface area contributed by atoms with Gasteiger partial charge < -0.3 is 15.1 Å². The summed E-state index contributed by atoms with van der Waals surface area (Å²) >= 11 is 0. The number of hydrogen-bond acceptors (Lipinski definition) is 2. The Morgan fingerprint density at radius 3 is 2.29 bits per heavy atom. The Bertz CT molecular complexity index is 194. The van der Waals surface area contributed by atoms with Crippen molar-refractivity contribution in [3.05, 3.63) is 0 Å². The van der Waals surface area contributed by atoms with Gasteiger partial charge in [-0.2, -0.15) is 0 Å². The lowest BCUT2D eigenvalue weighted by Gasteiger charge is -2.26. The van der Waals surface area contributed by atoms with Crippen LogP contribution in [0, 0.1) is 0 Å². The van der Waals surface area contributed by atoms with Gasteiger partial charge in [0.15, 0.2) is 0 Å². The second-order valence-electron chi connectivity index (χ2n) is 4.07. The fraction of sp³-hybridized carbons (Fsp3) is 0.900. The van der Waals surface area contributed by atoms with Gasteiger partial charge in [-0.15, -0.1) is 0 Å². The summed E-state index contributed by atoms with van der Waals surface area (Å²) in [5, 5.41) is 3.31. The number of amides is 2. The van der Waals surface area contributed by atoms with Crippen molar-refractivity contribution in [1.29, 1.82) is 0 Å². The molecule has 0 radical (unpaired) electrons. The molecule has 0 spiro atoms. The van der Waals surface area contributed by atoms with E-state index in [0.29, 0.717) is 0 Å². The second-order valence-corrected chi connectivity index (χ2v) is 4.07. The first-order valence-electron chi connectivity index (χ1n) is 5.62. The molecule has 2 saturated heterocycles. The summed E-state index contributed by atoms with van der Waals surface area (Å²) in [4.78, 5) is 16.0. The Morgan fingerprint density at radius 2 is 1.50 bits per heavy atom. The molecule has 14 heavy (non-hydrogen) atoms. The molecular weight excluding hydrogens is 178 g/mol. The van der Waals surface area contributed by atoms with E-state index < -0.39 is 0 Å². The zero-order valence-corrected chi connectivity index (χ0v) is 8.67. The van der Waals surface area contributed by atoms with E-state index in [9.17, 15) is 4.79 Å². The van der Waals surface area contributed by atoms with E-state index >= 15 is 0 Å². The van der Waals surface area contributed by atoms with Crippen LogP contribution >= 0.6 is 0 Å². The number of carbonyl (C=O) groups is 1. The third-order valence-electron chi connectivity index (χ3n) is 2.99. The van der Waals surface area contributed by atoms with Crippen LogP contribution in [-0.4, -0.2) is 55.1 Å². The zero-order valence-electron chi connectivity index (χ0n) is 8.67. The van der Waals surface area contributed by atoms with Gasteiger partial charge in [0.2, 0.25) is 0 Å². The van der Waals surface area contributed by atoms with Crippen LogP contribution in [0.3, 0.4) is 0 Å². The van der Waals surface area contributed by atoms with Crippen LogP contribution in [0.15, 0.2) is 0 Å². The van der Waals surface area contributed by atoms with Crippen molar-refractivity contribution in [2.24, 2.45) is 0 Å². The molecule has 0 bridgehead atoms. The molecule has 0 atom stereocenters. The number of hydrogen-bond donors (Lipinski definition) is 1. The van der Waals surface area contributed by atoms with Gasteiger partial charge in [0, 0.05) is 32.7 Å². The number of likely N-dealkylation sites (tertiary alicyclic amines) is 1. The molecule has 4 heteroatoms. The van der Waals surface area contributed by atoms with Crippen LogP contribution in [-0.2, 0) is 0 Å². The molecule has 2 heterocycles. The van der Waals surface area contributed by atoms with E-state index in [-0.39, 0.29) is 6.03 Å². The SMILES string of the molecule is O=C(N1CCCC1)N1CCCNCC1. The quantitative estimate of drug-likeness (QED) is 0.613. The number of nitrogens with zero attached hydrogens (tertiary/aromatic N) is 2. The molecule has 80 valence electrons. The average Bonchev–Trinajstić information content (AvgIpc) is 2.59. The Kier molecular flexibility index (Phi) is 3.24. The summed E-state index contributed by atoms with van der Waals surface area (Å²) in [5.74, 6) is 0. The summed E-state index contributed by atoms with van der Waals surface area (Å²) in [6, 6.07) is 0.256. The zero-order chi connectivity index (χ0) is 9.80. The van der Waals surface area contributed by atoms with Crippen molar-refractivity contribution in [3.8, 4) is 0 Å². The van der Waals surface area contributed by atoms with Crippen molar-refractivity contribution < 1.29 is 4.79 Å². The van der Waals surface area contributed by atoms with Gasteiger partial charge in [-0.25, -0.2) is 4.79 Å². The summed E-state index contributed by atoms with van der Waals surface area (Å²) in [6.45, 7) is 5.70. The maximum atomic E-state index is 12.0. The summed E-state index contributed by atoms with van der Waals surface area (Å²) in [5.41, 5.74) is 0. The van der Waals surface area contributed by atoms with Gasteiger partial charge in [-0.3, -0.25) is 0 Å². The predicted octanol–water partition coefficient (Wildman–Crippen LogP) is 0.498.